The van der Waals surface area contributed by atoms with Gasteiger partial charge in [0.25, 0.3) is 0 Å². The Hall–Kier alpha value is -4.60. The molecule has 9 heteroatoms. The molecule has 1 fully saturated rings. The van der Waals surface area contributed by atoms with Crippen molar-refractivity contribution in [3.05, 3.63) is 118 Å². The number of ketones is 2. The number of benzene rings is 3. The second-order valence-corrected chi connectivity index (χ2v) is 12.4. The Morgan fingerprint density at radius 1 is 0.867 bits per heavy atom. The quantitative estimate of drug-likeness (QED) is 0.187. The van der Waals surface area contributed by atoms with E-state index in [4.69, 9.17) is 4.74 Å². The summed E-state index contributed by atoms with van der Waals surface area (Å²) in [4.78, 5) is 56.4. The number of nitrogens with zero attached hydrogens (tertiary/aromatic N) is 1. The molecule has 0 unspecified atom stereocenters. The Morgan fingerprint density at radius 2 is 1.58 bits per heavy atom. The van der Waals surface area contributed by atoms with E-state index in [2.05, 4.69) is 21.2 Å². The number of imide groups is 1. The number of nitrogens with one attached hydrogen (secondary N) is 1. The molecular weight excluding hydrogens is 636 g/mol. The zero-order chi connectivity index (χ0) is 31.2. The van der Waals surface area contributed by atoms with E-state index < -0.39 is 23.7 Å². The number of aliphatic hydroxyl groups is 1. The number of hydrogen-bond donors (Lipinski definition) is 2. The van der Waals surface area contributed by atoms with Crippen molar-refractivity contribution in [2.24, 2.45) is 17.8 Å². The molecule has 3 aromatic carbocycles. The number of amides is 2. The average Bonchev–Trinajstić information content (AvgIpc) is 3.32. The van der Waals surface area contributed by atoms with E-state index in [1.807, 2.05) is 60.7 Å². The Morgan fingerprint density at radius 3 is 2.33 bits per heavy atom. The van der Waals surface area contributed by atoms with Crippen molar-refractivity contribution in [3.8, 4) is 5.75 Å². The van der Waals surface area contributed by atoms with Crippen LogP contribution in [0, 0.1) is 17.8 Å². The van der Waals surface area contributed by atoms with Crippen molar-refractivity contribution >= 4 is 56.4 Å². The van der Waals surface area contributed by atoms with E-state index in [1.54, 1.807) is 24.3 Å². The lowest BCUT2D eigenvalue weighted by Gasteiger charge is -2.42. The minimum absolute atomic E-state index is 0.0583. The van der Waals surface area contributed by atoms with Crippen LogP contribution in [0.25, 0.3) is 0 Å². The molecule has 2 amide bonds. The van der Waals surface area contributed by atoms with Crippen molar-refractivity contribution in [1.82, 2.24) is 0 Å². The van der Waals surface area contributed by atoms with E-state index >= 15 is 0 Å². The number of carbonyl (C=O) groups is 4. The maximum Gasteiger partial charge on any atom is 0.238 e. The topological polar surface area (TPSA) is 113 Å². The number of hydrogen-bond acceptors (Lipinski definition) is 7. The third-order valence-corrected chi connectivity index (χ3v) is 9.69. The van der Waals surface area contributed by atoms with Gasteiger partial charge < -0.3 is 15.2 Å². The van der Waals surface area contributed by atoms with Gasteiger partial charge in [-0.1, -0.05) is 48.0 Å². The van der Waals surface area contributed by atoms with Crippen LogP contribution >= 0.6 is 15.9 Å². The molecule has 4 aliphatic rings. The maximum atomic E-state index is 14.2. The highest BCUT2D eigenvalue weighted by atomic mass is 79.9. The molecule has 8 nitrogen and oxygen atoms in total. The number of allylic oxidation sites excluding steroid dienone is 6. The fourth-order valence-corrected chi connectivity index (χ4v) is 7.65. The van der Waals surface area contributed by atoms with Gasteiger partial charge in [-0.3, -0.25) is 24.1 Å². The van der Waals surface area contributed by atoms with Crippen LogP contribution in [0.1, 0.15) is 24.3 Å². The molecule has 226 valence electrons. The van der Waals surface area contributed by atoms with Gasteiger partial charge in [0.05, 0.1) is 28.6 Å². The van der Waals surface area contributed by atoms with Gasteiger partial charge in [-0.25, -0.2) is 0 Å². The predicted octanol–water partition coefficient (Wildman–Crippen LogP) is 5.77. The summed E-state index contributed by atoms with van der Waals surface area (Å²) in [5.74, 6) is -3.02. The second-order valence-electron chi connectivity index (χ2n) is 11.6. The largest absolute Gasteiger partial charge is 0.491 e. The van der Waals surface area contributed by atoms with E-state index in [-0.39, 0.29) is 47.5 Å². The van der Waals surface area contributed by atoms with Crippen molar-refractivity contribution in [2.75, 3.05) is 23.4 Å². The molecule has 1 saturated heterocycles. The van der Waals surface area contributed by atoms with E-state index in [0.717, 1.165) is 16.9 Å². The highest BCUT2D eigenvalue weighted by molar-refractivity contribution is 9.12. The van der Waals surface area contributed by atoms with E-state index in [0.29, 0.717) is 34.6 Å². The van der Waals surface area contributed by atoms with Gasteiger partial charge >= 0.3 is 0 Å². The van der Waals surface area contributed by atoms with Crippen molar-refractivity contribution in [1.29, 1.82) is 0 Å². The monoisotopic (exact) mass is 664 g/mol. The van der Waals surface area contributed by atoms with Gasteiger partial charge in [-0.2, -0.15) is 0 Å². The first-order valence-corrected chi connectivity index (χ1v) is 15.7. The van der Waals surface area contributed by atoms with Gasteiger partial charge in [0.1, 0.15) is 12.4 Å². The molecule has 0 spiro atoms. The van der Waals surface area contributed by atoms with Gasteiger partial charge in [-0.05, 0) is 77.2 Å². The zero-order valence-corrected chi connectivity index (χ0v) is 25.7. The van der Waals surface area contributed by atoms with Crippen LogP contribution in [0.15, 0.2) is 112 Å². The Labute approximate surface area is 268 Å². The van der Waals surface area contributed by atoms with Crippen molar-refractivity contribution in [3.63, 3.8) is 0 Å². The molecule has 0 aromatic heterocycles. The van der Waals surface area contributed by atoms with Crippen LogP contribution in [0.4, 0.5) is 17.1 Å². The van der Waals surface area contributed by atoms with Gasteiger partial charge in [0, 0.05) is 40.1 Å². The first-order chi connectivity index (χ1) is 21.9. The lowest BCUT2D eigenvalue weighted by Crippen LogP contribution is -2.39. The van der Waals surface area contributed by atoms with Crippen LogP contribution in [-0.4, -0.2) is 41.7 Å². The standard InChI is InChI=1S/C36H29BrN2O6/c37-28-19-29(41)33-27(34(28)42)18-26-23(31(33)24-8-4-5-9-30(24)45-17-16-40)14-15-25-32(26)36(44)39(35(25)43)22-12-10-21(11-13-22)38-20-6-2-1-3-7-20/h1-14,19,25-26,31-32,38,40H,15-18H2/t25-,26+,31+,32-/m0/s1. The Kier molecular flexibility index (Phi) is 7.59. The zero-order valence-electron chi connectivity index (χ0n) is 24.1. The SMILES string of the molecule is O=C1C=C(Br)C(=O)C2=C1[C@@H](c1ccccc1OCCO)C1=CC[C@@H]3C(=O)N(c4ccc(Nc5ccccc5)cc4)C(=O)[C@@H]3[C@@H]1C2. The van der Waals surface area contributed by atoms with E-state index in [1.165, 1.54) is 11.0 Å². The lowest BCUT2D eigenvalue weighted by molar-refractivity contribution is -0.123. The van der Waals surface area contributed by atoms with Crippen LogP contribution in [0.5, 0.6) is 5.75 Å². The molecular formula is C36H29BrN2O6. The molecule has 0 saturated carbocycles. The summed E-state index contributed by atoms with van der Waals surface area (Å²) < 4.78 is 6.05. The number of halogens is 1. The summed E-state index contributed by atoms with van der Waals surface area (Å²) >= 11 is 3.27. The molecule has 0 radical (unpaired) electrons. The number of ether oxygens (including phenoxy) is 1. The number of Topliss-reactive ketones (excluding diaryl/α,β-unsaturated/α-hetero) is 1. The normalized spacial score (nSPS) is 24.1. The minimum atomic E-state index is -0.686. The molecule has 3 aromatic rings. The highest BCUT2D eigenvalue weighted by Crippen LogP contribution is 2.56. The molecule has 1 aliphatic heterocycles. The number of para-hydroxylation sites is 2. The number of aliphatic hydroxyl groups excluding tert-OH is 1. The number of carbonyl (C=O) groups excluding carboxylic acids is 4. The molecule has 0 bridgehead atoms. The summed E-state index contributed by atoms with van der Waals surface area (Å²) in [5, 5.41) is 12.7. The predicted molar refractivity (Wildman–Crippen MR) is 172 cm³/mol. The lowest BCUT2D eigenvalue weighted by atomic mass is 9.59. The van der Waals surface area contributed by atoms with Crippen LogP contribution < -0.4 is 15.0 Å². The number of fused-ring (bicyclic) bond motifs is 3. The Balaban J connectivity index is 1.26. The summed E-state index contributed by atoms with van der Waals surface area (Å²) in [6.07, 6.45) is 3.81. The third-order valence-electron chi connectivity index (χ3n) is 9.10. The van der Waals surface area contributed by atoms with Crippen LogP contribution in [0.2, 0.25) is 0 Å². The molecule has 1 heterocycles. The smallest absolute Gasteiger partial charge is 0.238 e. The molecule has 45 heavy (non-hydrogen) atoms. The van der Waals surface area contributed by atoms with E-state index in [9.17, 15) is 24.3 Å². The number of rotatable bonds is 7. The third kappa shape index (κ3) is 4.96. The van der Waals surface area contributed by atoms with Crippen LogP contribution in [-0.2, 0) is 19.2 Å². The first-order valence-electron chi connectivity index (χ1n) is 14.9. The molecule has 4 atom stereocenters. The van der Waals surface area contributed by atoms with Crippen LogP contribution in [0.3, 0.4) is 0 Å². The molecule has 2 N–H and O–H groups in total. The van der Waals surface area contributed by atoms with Crippen molar-refractivity contribution < 1.29 is 29.0 Å². The van der Waals surface area contributed by atoms with Gasteiger partial charge in [0.2, 0.25) is 11.8 Å². The maximum absolute atomic E-state index is 14.2. The minimum Gasteiger partial charge on any atom is -0.491 e. The fourth-order valence-electron chi connectivity index (χ4n) is 7.20. The second kappa shape index (κ2) is 11.7. The first kappa shape index (κ1) is 29.1. The van der Waals surface area contributed by atoms with Gasteiger partial charge in [-0.15, -0.1) is 0 Å². The van der Waals surface area contributed by atoms with Crippen molar-refractivity contribution in [2.45, 2.75) is 18.8 Å². The summed E-state index contributed by atoms with van der Waals surface area (Å²) in [7, 11) is 0. The average molecular weight is 666 g/mol. The summed E-state index contributed by atoms with van der Waals surface area (Å²) in [5.41, 5.74) is 4.48. The molecule has 7 rings (SSSR count). The molecule has 3 aliphatic carbocycles. The Bertz CT molecular complexity index is 1830. The number of anilines is 3. The summed E-state index contributed by atoms with van der Waals surface area (Å²) in [6.45, 7) is -0.131. The van der Waals surface area contributed by atoms with Gasteiger partial charge in [0.15, 0.2) is 11.6 Å². The highest BCUT2D eigenvalue weighted by Gasteiger charge is 2.56. The summed E-state index contributed by atoms with van der Waals surface area (Å²) in [6, 6.07) is 24.2. The fraction of sp³-hybridized carbons (Fsp3) is 0.222.